The van der Waals surface area contributed by atoms with Gasteiger partial charge in [-0.25, -0.2) is 0 Å². The summed E-state index contributed by atoms with van der Waals surface area (Å²) in [6.45, 7) is 0. The van der Waals surface area contributed by atoms with Gasteiger partial charge in [0.15, 0.2) is 5.11 Å². The molecule has 0 saturated carbocycles. The standard InChI is InChI=1S/C19H14BrIN2O2S/c1-25-17-15(10-11-4-2-3-5-14(11)16(17)20)18(24)23-19(26)22-13-8-6-12(21)7-9-13/h2-10H,1H3,(H2,22,23,24,26). The van der Waals surface area contributed by atoms with Crippen molar-refractivity contribution in [2.75, 3.05) is 12.4 Å². The molecule has 0 fully saturated rings. The van der Waals surface area contributed by atoms with E-state index in [1.807, 2.05) is 48.5 Å². The Hall–Kier alpha value is -1.71. The molecule has 0 aliphatic rings. The average molecular weight is 541 g/mol. The van der Waals surface area contributed by atoms with Crippen molar-refractivity contribution in [3.63, 3.8) is 0 Å². The van der Waals surface area contributed by atoms with E-state index in [9.17, 15) is 4.79 Å². The van der Waals surface area contributed by atoms with Crippen LogP contribution in [0.25, 0.3) is 10.8 Å². The van der Waals surface area contributed by atoms with Gasteiger partial charge in [-0.15, -0.1) is 0 Å². The molecule has 2 N–H and O–H groups in total. The monoisotopic (exact) mass is 540 g/mol. The van der Waals surface area contributed by atoms with Crippen LogP contribution in [0.3, 0.4) is 0 Å². The van der Waals surface area contributed by atoms with E-state index in [1.165, 1.54) is 7.11 Å². The fraction of sp³-hybridized carbons (Fsp3) is 0.0526. The van der Waals surface area contributed by atoms with E-state index in [1.54, 1.807) is 6.07 Å². The molecule has 26 heavy (non-hydrogen) atoms. The number of benzene rings is 3. The summed E-state index contributed by atoms with van der Waals surface area (Å²) >= 11 is 11.0. The van der Waals surface area contributed by atoms with Crippen molar-refractivity contribution < 1.29 is 9.53 Å². The lowest BCUT2D eigenvalue weighted by Gasteiger charge is -2.14. The number of anilines is 1. The van der Waals surface area contributed by atoms with Crippen LogP contribution in [0, 0.1) is 3.57 Å². The van der Waals surface area contributed by atoms with Crippen molar-refractivity contribution in [2.24, 2.45) is 0 Å². The molecule has 0 unspecified atom stereocenters. The van der Waals surface area contributed by atoms with Crippen LogP contribution in [-0.4, -0.2) is 18.1 Å². The molecule has 0 saturated heterocycles. The molecule has 3 aromatic rings. The highest BCUT2D eigenvalue weighted by Gasteiger charge is 2.19. The Morgan fingerprint density at radius 3 is 2.54 bits per heavy atom. The number of nitrogens with one attached hydrogen (secondary N) is 2. The molecule has 1 amide bonds. The first-order valence-corrected chi connectivity index (χ1v) is 9.90. The first-order valence-electron chi connectivity index (χ1n) is 7.62. The normalized spacial score (nSPS) is 10.4. The van der Waals surface area contributed by atoms with Crippen molar-refractivity contribution in [2.45, 2.75) is 0 Å². The van der Waals surface area contributed by atoms with Gasteiger partial charge in [0.2, 0.25) is 0 Å². The maximum absolute atomic E-state index is 12.7. The number of carbonyl (C=O) groups excluding carboxylic acids is 1. The minimum atomic E-state index is -0.337. The zero-order chi connectivity index (χ0) is 18.7. The number of hydrogen-bond acceptors (Lipinski definition) is 3. The van der Waals surface area contributed by atoms with Gasteiger partial charge in [0.1, 0.15) is 5.75 Å². The summed E-state index contributed by atoms with van der Waals surface area (Å²) in [5.41, 5.74) is 1.22. The molecule has 7 heteroatoms. The fourth-order valence-electron chi connectivity index (χ4n) is 2.52. The molecular weight excluding hydrogens is 527 g/mol. The van der Waals surface area contributed by atoms with Gasteiger partial charge in [0, 0.05) is 9.26 Å². The number of methoxy groups -OCH3 is 1. The second kappa shape index (κ2) is 8.32. The van der Waals surface area contributed by atoms with E-state index in [0.717, 1.165) is 24.5 Å². The number of hydrogen-bond donors (Lipinski definition) is 2. The van der Waals surface area contributed by atoms with Gasteiger partial charge < -0.3 is 10.1 Å². The van der Waals surface area contributed by atoms with Crippen LogP contribution in [0.5, 0.6) is 5.75 Å². The van der Waals surface area contributed by atoms with Crippen LogP contribution in [-0.2, 0) is 0 Å². The van der Waals surface area contributed by atoms with Gasteiger partial charge in [0.25, 0.3) is 5.91 Å². The molecule has 0 radical (unpaired) electrons. The molecule has 3 aromatic carbocycles. The van der Waals surface area contributed by atoms with E-state index < -0.39 is 0 Å². The summed E-state index contributed by atoms with van der Waals surface area (Å²) in [6.07, 6.45) is 0. The largest absolute Gasteiger partial charge is 0.495 e. The topological polar surface area (TPSA) is 50.4 Å². The lowest BCUT2D eigenvalue weighted by atomic mass is 10.1. The van der Waals surface area contributed by atoms with Crippen molar-refractivity contribution in [1.82, 2.24) is 5.32 Å². The first-order chi connectivity index (χ1) is 12.5. The highest BCUT2D eigenvalue weighted by atomic mass is 127. The highest BCUT2D eigenvalue weighted by Crippen LogP contribution is 2.36. The Morgan fingerprint density at radius 1 is 1.15 bits per heavy atom. The van der Waals surface area contributed by atoms with Crippen molar-refractivity contribution in [3.05, 3.63) is 68.2 Å². The van der Waals surface area contributed by atoms with E-state index in [4.69, 9.17) is 17.0 Å². The smallest absolute Gasteiger partial charge is 0.261 e. The van der Waals surface area contributed by atoms with E-state index in [2.05, 4.69) is 49.2 Å². The molecule has 0 atom stereocenters. The number of ether oxygens (including phenoxy) is 1. The summed E-state index contributed by atoms with van der Waals surface area (Å²) in [5, 5.41) is 7.84. The summed E-state index contributed by atoms with van der Waals surface area (Å²) in [5.74, 6) is 0.134. The molecule has 0 aliphatic heterocycles. The quantitative estimate of drug-likeness (QED) is 0.348. The molecular formula is C19H14BrIN2O2S. The first kappa shape index (κ1) is 19.1. The number of thiocarbonyl (C=S) groups is 1. The van der Waals surface area contributed by atoms with Crippen molar-refractivity contribution >= 4 is 78.2 Å². The molecule has 0 aromatic heterocycles. The van der Waals surface area contributed by atoms with Gasteiger partial charge in [-0.1, -0.05) is 24.3 Å². The molecule has 3 rings (SSSR count). The van der Waals surface area contributed by atoms with Gasteiger partial charge in [-0.3, -0.25) is 10.1 Å². The number of carbonyl (C=O) groups is 1. The molecule has 4 nitrogen and oxygen atoms in total. The zero-order valence-corrected chi connectivity index (χ0v) is 18.2. The zero-order valence-electron chi connectivity index (χ0n) is 13.7. The Bertz CT molecular complexity index is 993. The van der Waals surface area contributed by atoms with Crippen LogP contribution in [0.2, 0.25) is 0 Å². The van der Waals surface area contributed by atoms with Crippen LogP contribution in [0.1, 0.15) is 10.4 Å². The predicted molar refractivity (Wildman–Crippen MR) is 121 cm³/mol. The molecule has 0 aliphatic carbocycles. The molecule has 0 heterocycles. The SMILES string of the molecule is COc1c(C(=O)NC(=S)Nc2ccc(I)cc2)cc2ccccc2c1Br. The van der Waals surface area contributed by atoms with Gasteiger partial charge in [-0.2, -0.15) is 0 Å². The average Bonchev–Trinajstić information content (AvgIpc) is 2.63. The molecule has 0 spiro atoms. The van der Waals surface area contributed by atoms with E-state index in [-0.39, 0.29) is 11.0 Å². The van der Waals surface area contributed by atoms with Crippen LogP contribution in [0.15, 0.2) is 59.1 Å². The van der Waals surface area contributed by atoms with Crippen LogP contribution in [0.4, 0.5) is 5.69 Å². The Balaban J connectivity index is 1.85. The lowest BCUT2D eigenvalue weighted by molar-refractivity contribution is 0.0975. The number of halogens is 2. The van der Waals surface area contributed by atoms with E-state index >= 15 is 0 Å². The van der Waals surface area contributed by atoms with E-state index in [0.29, 0.717) is 11.3 Å². The minimum absolute atomic E-state index is 0.225. The summed E-state index contributed by atoms with van der Waals surface area (Å²) in [7, 11) is 1.54. The third-order valence-corrected chi connectivity index (χ3v) is 5.43. The highest BCUT2D eigenvalue weighted by molar-refractivity contribution is 14.1. The van der Waals surface area contributed by atoms with Gasteiger partial charge >= 0.3 is 0 Å². The summed E-state index contributed by atoms with van der Waals surface area (Å²) < 4.78 is 7.30. The Labute approximate surface area is 178 Å². The number of fused-ring (bicyclic) bond motifs is 1. The van der Waals surface area contributed by atoms with Crippen molar-refractivity contribution in [3.8, 4) is 5.75 Å². The second-order valence-electron chi connectivity index (χ2n) is 5.41. The molecule has 132 valence electrons. The number of amides is 1. The lowest BCUT2D eigenvalue weighted by Crippen LogP contribution is -2.34. The molecule has 0 bridgehead atoms. The van der Waals surface area contributed by atoms with Crippen LogP contribution < -0.4 is 15.4 Å². The second-order valence-corrected chi connectivity index (χ2v) is 7.85. The van der Waals surface area contributed by atoms with Gasteiger partial charge in [0.05, 0.1) is 17.1 Å². The predicted octanol–water partition coefficient (Wildman–Crippen LogP) is 5.34. The maximum Gasteiger partial charge on any atom is 0.261 e. The van der Waals surface area contributed by atoms with Crippen molar-refractivity contribution in [1.29, 1.82) is 0 Å². The summed E-state index contributed by atoms with van der Waals surface area (Å²) in [4.78, 5) is 12.7. The maximum atomic E-state index is 12.7. The number of rotatable bonds is 3. The third kappa shape index (κ3) is 4.16. The third-order valence-electron chi connectivity index (χ3n) is 3.72. The Kier molecular flexibility index (Phi) is 6.10. The van der Waals surface area contributed by atoms with Crippen LogP contribution >= 0.6 is 50.7 Å². The minimum Gasteiger partial charge on any atom is -0.495 e. The van der Waals surface area contributed by atoms with Gasteiger partial charge in [-0.05, 0) is 91.8 Å². The summed E-state index contributed by atoms with van der Waals surface area (Å²) in [6, 6.07) is 17.3. The Morgan fingerprint density at radius 2 is 1.85 bits per heavy atom. The fourth-order valence-corrected chi connectivity index (χ4v) is 3.83.